The van der Waals surface area contributed by atoms with Crippen LogP contribution in [0.4, 0.5) is 4.39 Å². The van der Waals surface area contributed by atoms with Crippen molar-refractivity contribution in [2.24, 2.45) is 0 Å². The summed E-state index contributed by atoms with van der Waals surface area (Å²) in [7, 11) is 0. The molecular weight excluding hydrogens is 287 g/mol. The second kappa shape index (κ2) is 5.12. The molecular formula is C16H15FN2O3. The Kier molecular flexibility index (Phi) is 3.10. The number of para-hydroxylation sites is 1. The molecule has 1 aliphatic carbocycles. The van der Waals surface area contributed by atoms with Gasteiger partial charge in [0, 0.05) is 17.9 Å². The summed E-state index contributed by atoms with van der Waals surface area (Å²) in [5, 5.41) is 2.91. The second-order valence-electron chi connectivity index (χ2n) is 5.66. The summed E-state index contributed by atoms with van der Waals surface area (Å²) < 4.78 is 24.4. The van der Waals surface area contributed by atoms with Gasteiger partial charge in [0.25, 0.3) is 5.91 Å². The zero-order chi connectivity index (χ0) is 15.1. The van der Waals surface area contributed by atoms with Gasteiger partial charge in [0.15, 0.2) is 18.0 Å². The summed E-state index contributed by atoms with van der Waals surface area (Å²) in [5.41, 5.74) is 1.39. The third kappa shape index (κ3) is 2.24. The van der Waals surface area contributed by atoms with Crippen molar-refractivity contribution in [3.05, 3.63) is 47.4 Å². The number of aromatic nitrogens is 1. The van der Waals surface area contributed by atoms with Gasteiger partial charge >= 0.3 is 0 Å². The zero-order valence-electron chi connectivity index (χ0n) is 11.8. The molecule has 2 aromatic rings. The first-order valence-corrected chi connectivity index (χ1v) is 7.39. The molecule has 2 aliphatic rings. The van der Waals surface area contributed by atoms with Gasteiger partial charge in [-0.15, -0.1) is 0 Å². The summed E-state index contributed by atoms with van der Waals surface area (Å²) in [5.74, 6) is 0.112. The van der Waals surface area contributed by atoms with E-state index in [1.165, 1.54) is 12.5 Å². The average Bonchev–Trinajstić information content (AvgIpc) is 3.25. The minimum atomic E-state index is -0.408. The summed E-state index contributed by atoms with van der Waals surface area (Å²) in [6, 6.07) is 4.45. The van der Waals surface area contributed by atoms with E-state index >= 15 is 0 Å². The second-order valence-corrected chi connectivity index (χ2v) is 5.66. The molecule has 1 atom stereocenters. The van der Waals surface area contributed by atoms with Crippen LogP contribution in [0.1, 0.15) is 53.0 Å². The summed E-state index contributed by atoms with van der Waals surface area (Å²) in [4.78, 5) is 16.6. The van der Waals surface area contributed by atoms with Gasteiger partial charge in [0.1, 0.15) is 0 Å². The number of benzene rings is 1. The molecule has 4 rings (SSSR count). The van der Waals surface area contributed by atoms with Crippen molar-refractivity contribution in [2.45, 2.75) is 31.2 Å². The maximum atomic E-state index is 13.8. The molecule has 0 saturated heterocycles. The average molecular weight is 302 g/mol. The molecule has 114 valence electrons. The third-order valence-corrected chi connectivity index (χ3v) is 4.10. The third-order valence-electron chi connectivity index (χ3n) is 4.10. The zero-order valence-corrected chi connectivity index (χ0v) is 11.8. The van der Waals surface area contributed by atoms with E-state index in [1.807, 2.05) is 0 Å². The van der Waals surface area contributed by atoms with Gasteiger partial charge in [-0.2, -0.15) is 0 Å². The van der Waals surface area contributed by atoms with Crippen molar-refractivity contribution in [3.63, 3.8) is 0 Å². The number of amides is 1. The van der Waals surface area contributed by atoms with Crippen LogP contribution in [0.15, 0.2) is 29.0 Å². The standard InChI is InChI=1S/C16H15FN2O3/c17-11-3-1-2-10-12(6-7-21-14(10)11)19-16(20)15-13(9-4-5-9)18-8-22-15/h1-3,8-9,12H,4-7H2,(H,19,20)/t12-/m0/s1. The molecule has 1 saturated carbocycles. The SMILES string of the molecule is O=C(N[C@H]1CCOc2c(F)cccc21)c1ocnc1C1CC1. The molecule has 5 nitrogen and oxygen atoms in total. The van der Waals surface area contributed by atoms with Gasteiger partial charge in [-0.1, -0.05) is 12.1 Å². The lowest BCUT2D eigenvalue weighted by molar-refractivity contribution is 0.0894. The molecule has 0 radical (unpaired) electrons. The molecule has 1 aromatic heterocycles. The minimum absolute atomic E-state index is 0.221. The van der Waals surface area contributed by atoms with Crippen LogP contribution >= 0.6 is 0 Å². The first-order valence-electron chi connectivity index (χ1n) is 7.39. The Morgan fingerprint density at radius 1 is 1.32 bits per heavy atom. The Balaban J connectivity index is 1.58. The lowest BCUT2D eigenvalue weighted by Gasteiger charge is -2.26. The molecule has 6 heteroatoms. The predicted octanol–water partition coefficient (Wildman–Crippen LogP) is 2.94. The topological polar surface area (TPSA) is 64.4 Å². The highest BCUT2D eigenvalue weighted by molar-refractivity contribution is 5.93. The number of hydrogen-bond donors (Lipinski definition) is 1. The number of carbonyl (C=O) groups is 1. The van der Waals surface area contributed by atoms with Crippen LogP contribution in [-0.4, -0.2) is 17.5 Å². The van der Waals surface area contributed by atoms with Gasteiger partial charge < -0.3 is 14.5 Å². The number of fused-ring (bicyclic) bond motifs is 1. The number of hydrogen-bond acceptors (Lipinski definition) is 4. The van der Waals surface area contributed by atoms with Crippen molar-refractivity contribution < 1.29 is 18.3 Å². The summed E-state index contributed by atoms with van der Waals surface area (Å²) >= 11 is 0. The number of nitrogens with one attached hydrogen (secondary N) is 1. The molecule has 1 aromatic carbocycles. The molecule has 22 heavy (non-hydrogen) atoms. The Morgan fingerprint density at radius 3 is 3.00 bits per heavy atom. The van der Waals surface area contributed by atoms with Crippen molar-refractivity contribution in [1.29, 1.82) is 0 Å². The first-order chi connectivity index (χ1) is 10.7. The van der Waals surface area contributed by atoms with Crippen molar-refractivity contribution in [2.75, 3.05) is 6.61 Å². The van der Waals surface area contributed by atoms with Crippen molar-refractivity contribution >= 4 is 5.91 Å². The highest BCUT2D eigenvalue weighted by Crippen LogP contribution is 2.41. The van der Waals surface area contributed by atoms with Gasteiger partial charge in [0.2, 0.25) is 5.76 Å². The highest BCUT2D eigenvalue weighted by atomic mass is 19.1. The number of nitrogens with zero attached hydrogens (tertiary/aromatic N) is 1. The van der Waals surface area contributed by atoms with E-state index in [9.17, 15) is 9.18 Å². The van der Waals surface area contributed by atoms with Crippen LogP contribution in [0.5, 0.6) is 5.75 Å². The van der Waals surface area contributed by atoms with Crippen LogP contribution in [0.25, 0.3) is 0 Å². The van der Waals surface area contributed by atoms with Crippen LogP contribution < -0.4 is 10.1 Å². The van der Waals surface area contributed by atoms with E-state index in [2.05, 4.69) is 10.3 Å². The van der Waals surface area contributed by atoms with Crippen molar-refractivity contribution in [3.8, 4) is 5.75 Å². The molecule has 1 fully saturated rings. The number of rotatable bonds is 3. The number of halogens is 1. The maximum absolute atomic E-state index is 13.8. The van der Waals surface area contributed by atoms with Crippen LogP contribution in [0.2, 0.25) is 0 Å². The molecule has 2 heterocycles. The Labute approximate surface area is 126 Å². The Bertz CT molecular complexity index is 724. The van der Waals surface area contributed by atoms with E-state index in [4.69, 9.17) is 9.15 Å². The molecule has 1 N–H and O–H groups in total. The van der Waals surface area contributed by atoms with E-state index in [1.54, 1.807) is 12.1 Å². The van der Waals surface area contributed by atoms with Gasteiger partial charge in [-0.3, -0.25) is 4.79 Å². The van der Waals surface area contributed by atoms with Crippen LogP contribution in [0, 0.1) is 5.82 Å². The lowest BCUT2D eigenvalue weighted by Crippen LogP contribution is -2.32. The fraction of sp³-hybridized carbons (Fsp3) is 0.375. The van der Waals surface area contributed by atoms with E-state index in [0.29, 0.717) is 24.5 Å². The minimum Gasteiger partial charge on any atom is -0.490 e. The Morgan fingerprint density at radius 2 is 2.18 bits per heavy atom. The monoisotopic (exact) mass is 302 g/mol. The van der Waals surface area contributed by atoms with E-state index in [-0.39, 0.29) is 23.5 Å². The normalized spacial score (nSPS) is 20.1. The maximum Gasteiger partial charge on any atom is 0.289 e. The molecule has 0 bridgehead atoms. The first kappa shape index (κ1) is 13.3. The van der Waals surface area contributed by atoms with Gasteiger partial charge in [0.05, 0.1) is 18.3 Å². The van der Waals surface area contributed by atoms with Crippen LogP contribution in [-0.2, 0) is 0 Å². The Hall–Kier alpha value is -2.37. The molecule has 0 unspecified atom stereocenters. The quantitative estimate of drug-likeness (QED) is 0.946. The lowest BCUT2D eigenvalue weighted by atomic mass is 10.00. The van der Waals surface area contributed by atoms with E-state index in [0.717, 1.165) is 18.5 Å². The molecule has 1 aliphatic heterocycles. The predicted molar refractivity (Wildman–Crippen MR) is 75.2 cm³/mol. The molecule has 0 spiro atoms. The van der Waals surface area contributed by atoms with Crippen molar-refractivity contribution in [1.82, 2.24) is 10.3 Å². The summed E-state index contributed by atoms with van der Waals surface area (Å²) in [6.07, 6.45) is 3.98. The highest BCUT2D eigenvalue weighted by Gasteiger charge is 2.33. The van der Waals surface area contributed by atoms with Crippen LogP contribution in [0.3, 0.4) is 0 Å². The van der Waals surface area contributed by atoms with Gasteiger partial charge in [-0.05, 0) is 18.9 Å². The van der Waals surface area contributed by atoms with Gasteiger partial charge in [-0.25, -0.2) is 9.37 Å². The smallest absolute Gasteiger partial charge is 0.289 e. The number of carbonyl (C=O) groups excluding carboxylic acids is 1. The summed E-state index contributed by atoms with van der Waals surface area (Å²) in [6.45, 7) is 0.366. The number of ether oxygens (including phenoxy) is 1. The fourth-order valence-electron chi connectivity index (χ4n) is 2.83. The fourth-order valence-corrected chi connectivity index (χ4v) is 2.83. The molecule has 1 amide bonds. The largest absolute Gasteiger partial charge is 0.490 e. The number of oxazole rings is 1. The van der Waals surface area contributed by atoms with E-state index < -0.39 is 5.82 Å².